The average Bonchev–Trinajstić information content (AvgIpc) is 3.82. The number of ether oxygens (including phenoxy) is 2. The molecule has 2 aromatic rings. The number of thioether (sulfide) groups is 2. The molecule has 2 aliphatic carbocycles. The first kappa shape index (κ1) is 31.9. The lowest BCUT2D eigenvalue weighted by Gasteiger charge is -2.10. The van der Waals surface area contributed by atoms with E-state index in [1.807, 2.05) is 48.5 Å². The largest absolute Gasteiger partial charge is 0.494 e. The van der Waals surface area contributed by atoms with Crippen LogP contribution in [0.5, 0.6) is 11.5 Å². The third-order valence-electron chi connectivity index (χ3n) is 8.18. The zero-order valence-electron chi connectivity index (χ0n) is 24.7. The second kappa shape index (κ2) is 16.0. The second-order valence-electron chi connectivity index (χ2n) is 11.4. The Kier molecular flexibility index (Phi) is 11.6. The lowest BCUT2D eigenvalue weighted by atomic mass is 10.1. The minimum absolute atomic E-state index is 0.317. The molecular weight excluding hydrogens is 597 g/mol. The normalized spacial score (nSPS) is 20.6. The fourth-order valence-electron chi connectivity index (χ4n) is 5.75. The molecule has 0 spiro atoms. The Bertz CT molecular complexity index is 1280. The van der Waals surface area contributed by atoms with E-state index in [-0.39, 0.29) is 22.3 Å². The van der Waals surface area contributed by atoms with Gasteiger partial charge in [-0.05, 0) is 95.7 Å². The van der Waals surface area contributed by atoms with Gasteiger partial charge in [-0.15, -0.1) is 0 Å². The highest BCUT2D eigenvalue weighted by atomic mass is 32.2. The van der Waals surface area contributed by atoms with E-state index in [0.29, 0.717) is 9.81 Å². The molecule has 0 aromatic heterocycles. The molecule has 2 saturated heterocycles. The van der Waals surface area contributed by atoms with Crippen LogP contribution in [-0.4, -0.2) is 35.5 Å². The van der Waals surface area contributed by atoms with E-state index in [4.69, 9.17) is 9.47 Å². The van der Waals surface area contributed by atoms with E-state index in [1.165, 1.54) is 51.4 Å². The molecule has 44 heavy (non-hydrogen) atoms. The summed E-state index contributed by atoms with van der Waals surface area (Å²) < 4.78 is 11.5. The van der Waals surface area contributed by atoms with Crippen LogP contribution in [0.1, 0.15) is 75.3 Å². The van der Waals surface area contributed by atoms with Gasteiger partial charge >= 0.3 is 0 Å². The van der Waals surface area contributed by atoms with Gasteiger partial charge < -0.3 is 9.47 Å². The lowest BCUT2D eigenvalue weighted by molar-refractivity contribution is -0.116. The maximum Gasteiger partial charge on any atom is 0.290 e. The summed E-state index contributed by atoms with van der Waals surface area (Å²) in [5, 5.41) is 3.86. The molecule has 4 amide bonds. The molecule has 0 bridgehead atoms. The van der Waals surface area contributed by atoms with Crippen LogP contribution in [0.15, 0.2) is 58.3 Å². The molecule has 0 atom stereocenters. The van der Waals surface area contributed by atoms with Crippen molar-refractivity contribution in [3.63, 3.8) is 0 Å². The molecule has 2 saturated carbocycles. The summed E-state index contributed by atoms with van der Waals surface area (Å²) in [7, 11) is 0. The number of rotatable bonds is 10. The van der Waals surface area contributed by atoms with Crippen LogP contribution in [0.2, 0.25) is 0 Å². The molecule has 4 aliphatic rings. The van der Waals surface area contributed by atoms with Crippen molar-refractivity contribution in [1.82, 2.24) is 10.6 Å². The Balaban J connectivity index is 0.000000175. The molecule has 8 nitrogen and oxygen atoms in total. The third-order valence-corrected chi connectivity index (χ3v) is 9.80. The van der Waals surface area contributed by atoms with Crippen molar-refractivity contribution in [2.45, 2.75) is 64.2 Å². The van der Waals surface area contributed by atoms with E-state index in [9.17, 15) is 19.2 Å². The van der Waals surface area contributed by atoms with Crippen molar-refractivity contribution in [3.05, 3.63) is 69.5 Å². The van der Waals surface area contributed by atoms with E-state index < -0.39 is 0 Å². The van der Waals surface area contributed by atoms with E-state index in [1.54, 1.807) is 12.2 Å². The molecule has 2 N–H and O–H groups in total. The Morgan fingerprint density at radius 1 is 0.591 bits per heavy atom. The Labute approximate surface area is 266 Å². The monoisotopic (exact) mass is 634 g/mol. The molecule has 6 rings (SSSR count). The fourth-order valence-corrected chi connectivity index (χ4v) is 7.11. The molecular formula is C34H38N2O6S2. The van der Waals surface area contributed by atoms with Crippen LogP contribution in [0.4, 0.5) is 9.59 Å². The van der Waals surface area contributed by atoms with Crippen LogP contribution in [0.25, 0.3) is 12.2 Å². The minimum atomic E-state index is -0.327. The molecule has 2 heterocycles. The Morgan fingerprint density at radius 3 is 1.27 bits per heavy atom. The van der Waals surface area contributed by atoms with Gasteiger partial charge in [-0.3, -0.25) is 29.8 Å². The standard InChI is InChI=1S/2C17H19NO3S/c2*19-16-15(22-17(20)18-16)11-13-5-7-14(8-6-13)21-10-9-12-3-1-2-4-12/h2*5-8,11-12H,1-4,9-10H2,(H,18,19,20). The summed E-state index contributed by atoms with van der Waals surface area (Å²) in [5.41, 5.74) is 1.77. The summed E-state index contributed by atoms with van der Waals surface area (Å²) in [4.78, 5) is 46.0. The van der Waals surface area contributed by atoms with Gasteiger partial charge in [-0.25, -0.2) is 0 Å². The van der Waals surface area contributed by atoms with Gasteiger partial charge in [0.15, 0.2) is 0 Å². The number of benzene rings is 2. The van der Waals surface area contributed by atoms with Gasteiger partial charge in [0.2, 0.25) is 0 Å². The third kappa shape index (κ3) is 9.75. The molecule has 2 aromatic carbocycles. The van der Waals surface area contributed by atoms with Crippen molar-refractivity contribution in [3.8, 4) is 11.5 Å². The highest BCUT2D eigenvalue weighted by Gasteiger charge is 2.25. The maximum atomic E-state index is 11.5. The van der Waals surface area contributed by atoms with Crippen LogP contribution in [0, 0.1) is 11.8 Å². The average molecular weight is 635 g/mol. The lowest BCUT2D eigenvalue weighted by Crippen LogP contribution is -2.17. The number of amides is 4. The quantitative estimate of drug-likeness (QED) is 0.254. The first-order chi connectivity index (χ1) is 21.4. The topological polar surface area (TPSA) is 111 Å². The van der Waals surface area contributed by atoms with Crippen molar-refractivity contribution < 1.29 is 28.7 Å². The summed E-state index contributed by atoms with van der Waals surface area (Å²) in [6, 6.07) is 15.2. The van der Waals surface area contributed by atoms with Gasteiger partial charge in [-0.2, -0.15) is 0 Å². The number of imide groups is 2. The molecule has 232 valence electrons. The smallest absolute Gasteiger partial charge is 0.290 e. The van der Waals surface area contributed by atoms with Crippen LogP contribution >= 0.6 is 23.5 Å². The van der Waals surface area contributed by atoms with Gasteiger partial charge in [0.05, 0.1) is 23.0 Å². The van der Waals surface area contributed by atoms with E-state index >= 15 is 0 Å². The van der Waals surface area contributed by atoms with Crippen molar-refractivity contribution in [2.24, 2.45) is 11.8 Å². The summed E-state index contributed by atoms with van der Waals surface area (Å²) in [6.07, 6.45) is 16.5. The van der Waals surface area contributed by atoms with Crippen LogP contribution in [0.3, 0.4) is 0 Å². The molecule has 0 radical (unpaired) electrons. The predicted molar refractivity (Wildman–Crippen MR) is 175 cm³/mol. The van der Waals surface area contributed by atoms with E-state index in [0.717, 1.165) is 84.0 Å². The molecule has 2 aliphatic heterocycles. The first-order valence-electron chi connectivity index (χ1n) is 15.4. The summed E-state index contributed by atoms with van der Waals surface area (Å²) >= 11 is 1.86. The number of hydrogen-bond acceptors (Lipinski definition) is 8. The Hall–Kier alpha value is -3.50. The van der Waals surface area contributed by atoms with Crippen molar-refractivity contribution in [1.29, 1.82) is 0 Å². The molecule has 10 heteroatoms. The molecule has 0 unspecified atom stereocenters. The van der Waals surface area contributed by atoms with Gasteiger partial charge in [-0.1, -0.05) is 75.6 Å². The summed E-state index contributed by atoms with van der Waals surface area (Å²) in [6.45, 7) is 1.52. The summed E-state index contributed by atoms with van der Waals surface area (Å²) in [5.74, 6) is 2.71. The maximum absolute atomic E-state index is 11.5. The predicted octanol–water partition coefficient (Wildman–Crippen LogP) is 7.94. The zero-order valence-corrected chi connectivity index (χ0v) is 26.3. The second-order valence-corrected chi connectivity index (χ2v) is 13.4. The molecule has 4 fully saturated rings. The Morgan fingerprint density at radius 2 is 0.955 bits per heavy atom. The number of carbonyl (C=O) groups is 4. The van der Waals surface area contributed by atoms with Crippen molar-refractivity contribution >= 4 is 58.0 Å². The highest BCUT2D eigenvalue weighted by Crippen LogP contribution is 2.30. The van der Waals surface area contributed by atoms with Gasteiger partial charge in [0, 0.05) is 0 Å². The number of carbonyl (C=O) groups excluding carboxylic acids is 4. The fraction of sp³-hybridized carbons (Fsp3) is 0.412. The number of hydrogen-bond donors (Lipinski definition) is 2. The van der Waals surface area contributed by atoms with Crippen LogP contribution < -0.4 is 20.1 Å². The zero-order chi connectivity index (χ0) is 30.7. The first-order valence-corrected chi connectivity index (χ1v) is 17.0. The highest BCUT2D eigenvalue weighted by molar-refractivity contribution is 8.18. The van der Waals surface area contributed by atoms with Crippen LogP contribution in [-0.2, 0) is 9.59 Å². The van der Waals surface area contributed by atoms with Crippen molar-refractivity contribution in [2.75, 3.05) is 13.2 Å². The van der Waals surface area contributed by atoms with Gasteiger partial charge in [0.1, 0.15) is 11.5 Å². The van der Waals surface area contributed by atoms with E-state index in [2.05, 4.69) is 10.6 Å². The van der Waals surface area contributed by atoms with Gasteiger partial charge in [0.25, 0.3) is 22.3 Å². The SMILES string of the molecule is O=C1NC(=O)C(=Cc2ccc(OCCC3CCCC3)cc2)S1.O=C1NC(=O)C(=Cc2ccc(OCCC3CCCC3)cc2)S1. The minimum Gasteiger partial charge on any atom is -0.494 e. The number of nitrogens with one attached hydrogen (secondary N) is 2.